The number of nitrogens with one attached hydrogen (secondary N) is 2. The van der Waals surface area contributed by atoms with Gasteiger partial charge in [0.2, 0.25) is 0 Å². The van der Waals surface area contributed by atoms with Crippen LogP contribution in [0.3, 0.4) is 0 Å². The van der Waals surface area contributed by atoms with Crippen LogP contribution in [-0.2, 0) is 11.2 Å². The standard InChI is InChI=1S/C40H61N3O/c1-6-25(2)23-43-38-26(3)37-36(44-38)22-35-33-14-13-30-21-32(15-17-39(30,4)34(33)16-18-40(35,37)5)42-24-31(41)20-27-11-12-28-9-7-8-10-29(28)19-27/h7-12,19,25-26,30-38,42-43H,6,13-18,20-24,41H2,1-5H3/t25-,26?,30?,31-,32?,33+,34?,35?,36-,37?,38-,39-,40-/m0/s1. The summed E-state index contributed by atoms with van der Waals surface area (Å²) in [5.74, 6) is 5.60. The number of rotatable bonds is 9. The van der Waals surface area contributed by atoms with E-state index < -0.39 is 0 Å². The summed E-state index contributed by atoms with van der Waals surface area (Å²) in [7, 11) is 0. The molecule has 1 heterocycles. The van der Waals surface area contributed by atoms with Gasteiger partial charge >= 0.3 is 0 Å². The van der Waals surface area contributed by atoms with Crippen LogP contribution in [0.2, 0.25) is 0 Å². The molecule has 4 nitrogen and oxygen atoms in total. The predicted molar refractivity (Wildman–Crippen MR) is 183 cm³/mol. The minimum Gasteiger partial charge on any atom is -0.360 e. The Kier molecular flexibility index (Phi) is 8.70. The van der Waals surface area contributed by atoms with Crippen LogP contribution in [0.1, 0.15) is 98.0 Å². The Morgan fingerprint density at radius 2 is 1.70 bits per heavy atom. The number of fused-ring (bicyclic) bond motifs is 8. The average molecular weight is 600 g/mol. The van der Waals surface area contributed by atoms with Crippen LogP contribution < -0.4 is 16.4 Å². The summed E-state index contributed by atoms with van der Waals surface area (Å²) in [5.41, 5.74) is 9.02. The van der Waals surface area contributed by atoms with Crippen molar-refractivity contribution in [3.8, 4) is 0 Å². The summed E-state index contributed by atoms with van der Waals surface area (Å²) in [6, 6.07) is 16.2. The molecule has 4 N–H and O–H groups in total. The zero-order valence-corrected chi connectivity index (χ0v) is 28.4. The lowest BCUT2D eigenvalue weighted by atomic mass is 9.44. The number of hydrogen-bond donors (Lipinski definition) is 3. The maximum Gasteiger partial charge on any atom is 0.111 e. The molecule has 2 aromatic carbocycles. The first-order chi connectivity index (χ1) is 21.2. The average Bonchev–Trinajstić information content (AvgIpc) is 3.51. The van der Waals surface area contributed by atoms with E-state index in [-0.39, 0.29) is 12.3 Å². The Bertz CT molecular complexity index is 1300. The van der Waals surface area contributed by atoms with Crippen LogP contribution in [0.15, 0.2) is 42.5 Å². The van der Waals surface area contributed by atoms with Crippen molar-refractivity contribution in [1.82, 2.24) is 10.6 Å². The third kappa shape index (κ3) is 5.48. The third-order valence-corrected chi connectivity index (χ3v) is 14.5. The van der Waals surface area contributed by atoms with Crippen molar-refractivity contribution in [2.45, 2.75) is 123 Å². The molecule has 4 saturated carbocycles. The van der Waals surface area contributed by atoms with Gasteiger partial charge in [0, 0.05) is 31.1 Å². The van der Waals surface area contributed by atoms with Crippen molar-refractivity contribution in [3.05, 3.63) is 48.0 Å². The summed E-state index contributed by atoms with van der Waals surface area (Å²) in [6.07, 6.45) is 14.0. The zero-order chi connectivity index (χ0) is 30.6. The predicted octanol–water partition coefficient (Wildman–Crippen LogP) is 7.93. The second-order valence-corrected chi connectivity index (χ2v) is 16.9. The summed E-state index contributed by atoms with van der Waals surface area (Å²) < 4.78 is 6.85. The highest BCUT2D eigenvalue weighted by Crippen LogP contribution is 2.69. The summed E-state index contributed by atoms with van der Waals surface area (Å²) in [5, 5.41) is 10.4. The molecule has 5 fully saturated rings. The molecule has 1 aliphatic heterocycles. The van der Waals surface area contributed by atoms with E-state index in [1.807, 2.05) is 0 Å². The van der Waals surface area contributed by atoms with Crippen molar-refractivity contribution in [3.63, 3.8) is 0 Å². The fourth-order valence-electron chi connectivity index (χ4n) is 11.8. The number of hydrogen-bond acceptors (Lipinski definition) is 4. The van der Waals surface area contributed by atoms with E-state index in [1.165, 1.54) is 74.1 Å². The van der Waals surface area contributed by atoms with Gasteiger partial charge in [-0.3, -0.25) is 5.32 Å². The molecule has 2 aromatic rings. The molecule has 0 amide bonds. The van der Waals surface area contributed by atoms with E-state index in [2.05, 4.69) is 87.7 Å². The van der Waals surface area contributed by atoms with E-state index in [0.717, 1.165) is 55.0 Å². The molecule has 4 aliphatic carbocycles. The van der Waals surface area contributed by atoms with Crippen molar-refractivity contribution >= 4 is 10.8 Å². The molecular weight excluding hydrogens is 538 g/mol. The highest BCUT2D eigenvalue weighted by molar-refractivity contribution is 5.83. The van der Waals surface area contributed by atoms with E-state index in [4.69, 9.17) is 10.5 Å². The van der Waals surface area contributed by atoms with Crippen molar-refractivity contribution in [2.24, 2.45) is 58.0 Å². The van der Waals surface area contributed by atoms with Gasteiger partial charge in [0.25, 0.3) is 0 Å². The van der Waals surface area contributed by atoms with Gasteiger partial charge < -0.3 is 15.8 Å². The van der Waals surface area contributed by atoms with Gasteiger partial charge in [0.1, 0.15) is 6.23 Å². The topological polar surface area (TPSA) is 59.3 Å². The van der Waals surface area contributed by atoms with Gasteiger partial charge in [-0.25, -0.2) is 0 Å². The van der Waals surface area contributed by atoms with E-state index in [0.29, 0.717) is 28.9 Å². The van der Waals surface area contributed by atoms with Crippen LogP contribution in [0.25, 0.3) is 10.8 Å². The van der Waals surface area contributed by atoms with Gasteiger partial charge in [0.15, 0.2) is 0 Å². The molecule has 13 atom stereocenters. The van der Waals surface area contributed by atoms with Crippen LogP contribution in [0.5, 0.6) is 0 Å². The molecule has 0 spiro atoms. The molecule has 242 valence electrons. The Morgan fingerprint density at radius 1 is 0.909 bits per heavy atom. The minimum absolute atomic E-state index is 0.160. The van der Waals surface area contributed by atoms with E-state index in [9.17, 15) is 0 Å². The molecule has 5 aliphatic rings. The van der Waals surface area contributed by atoms with Crippen LogP contribution in [-0.4, -0.2) is 37.5 Å². The number of nitrogens with two attached hydrogens (primary N) is 1. The normalized spacial score (nSPS) is 42.7. The smallest absolute Gasteiger partial charge is 0.111 e. The Hall–Kier alpha value is -1.46. The second-order valence-electron chi connectivity index (χ2n) is 16.9. The molecule has 7 rings (SSSR count). The largest absolute Gasteiger partial charge is 0.360 e. The summed E-state index contributed by atoms with van der Waals surface area (Å²) in [6.45, 7) is 14.6. The Morgan fingerprint density at radius 3 is 2.52 bits per heavy atom. The maximum absolute atomic E-state index is 6.85. The first-order valence-corrected chi connectivity index (χ1v) is 18.5. The van der Waals surface area contributed by atoms with Crippen LogP contribution in [0, 0.1) is 52.3 Å². The van der Waals surface area contributed by atoms with Crippen molar-refractivity contribution < 1.29 is 4.74 Å². The molecular formula is C40H61N3O. The van der Waals surface area contributed by atoms with E-state index in [1.54, 1.807) is 0 Å². The minimum atomic E-state index is 0.160. The van der Waals surface area contributed by atoms with Gasteiger partial charge in [-0.15, -0.1) is 0 Å². The summed E-state index contributed by atoms with van der Waals surface area (Å²) in [4.78, 5) is 0. The van der Waals surface area contributed by atoms with E-state index >= 15 is 0 Å². The molecule has 44 heavy (non-hydrogen) atoms. The molecule has 0 radical (unpaired) electrons. The van der Waals surface area contributed by atoms with Gasteiger partial charge in [-0.1, -0.05) is 83.5 Å². The lowest BCUT2D eigenvalue weighted by Gasteiger charge is -2.61. The maximum atomic E-state index is 6.85. The first kappa shape index (κ1) is 31.2. The third-order valence-electron chi connectivity index (χ3n) is 14.5. The molecule has 0 aromatic heterocycles. The lowest BCUT2D eigenvalue weighted by Crippen LogP contribution is -2.56. The quantitative estimate of drug-likeness (QED) is 0.274. The molecule has 6 unspecified atom stereocenters. The second kappa shape index (κ2) is 12.3. The monoisotopic (exact) mass is 599 g/mol. The number of benzene rings is 2. The van der Waals surface area contributed by atoms with Crippen molar-refractivity contribution in [1.29, 1.82) is 0 Å². The van der Waals surface area contributed by atoms with Crippen LogP contribution in [0.4, 0.5) is 0 Å². The Labute approximate surface area is 268 Å². The molecule has 1 saturated heterocycles. The van der Waals surface area contributed by atoms with Gasteiger partial charge in [-0.2, -0.15) is 0 Å². The fourth-order valence-corrected chi connectivity index (χ4v) is 11.8. The molecule has 4 heteroatoms. The van der Waals surface area contributed by atoms with Crippen molar-refractivity contribution in [2.75, 3.05) is 13.1 Å². The molecule has 0 bridgehead atoms. The fraction of sp³-hybridized carbons (Fsp3) is 0.750. The Balaban J connectivity index is 0.941. The highest BCUT2D eigenvalue weighted by atomic mass is 16.5. The van der Waals surface area contributed by atoms with Gasteiger partial charge in [0.05, 0.1) is 6.10 Å². The highest BCUT2D eigenvalue weighted by Gasteiger charge is 2.65. The van der Waals surface area contributed by atoms with Crippen LogP contribution >= 0.6 is 0 Å². The number of ether oxygens (including phenoxy) is 1. The summed E-state index contributed by atoms with van der Waals surface area (Å²) >= 11 is 0. The zero-order valence-electron chi connectivity index (χ0n) is 28.4. The van der Waals surface area contributed by atoms with Gasteiger partial charge in [-0.05, 0) is 120 Å². The lowest BCUT2D eigenvalue weighted by molar-refractivity contribution is -0.119. The SMILES string of the molecule is CC[C@H](C)CN[C@H]1O[C@H]2CC3[C@@H]4CCC5CC(NC[C@@H](N)Cc6ccc7ccccc7c6)CC[C@]5(C)C4CC[C@]3(C)C2C1C. The first-order valence-electron chi connectivity index (χ1n) is 18.5.